The van der Waals surface area contributed by atoms with Crippen LogP contribution in [0.15, 0.2) is 54.7 Å². The van der Waals surface area contributed by atoms with Crippen LogP contribution in [0.2, 0.25) is 0 Å². The Balaban J connectivity index is 1.10. The topological polar surface area (TPSA) is 89.4 Å². The van der Waals surface area contributed by atoms with Gasteiger partial charge < -0.3 is 15.0 Å². The Hall–Kier alpha value is -4.53. The summed E-state index contributed by atoms with van der Waals surface area (Å²) < 4.78 is 22.6. The van der Waals surface area contributed by atoms with E-state index in [1.165, 1.54) is 30.2 Å². The molecule has 7 rings (SSSR count). The number of rotatable bonds is 9. The quantitative estimate of drug-likeness (QED) is 0.192. The number of hydrogen-bond acceptors (Lipinski definition) is 6. The summed E-state index contributed by atoms with van der Waals surface area (Å²) in [4.78, 5) is 31.9. The monoisotopic (exact) mass is 635 g/mol. The van der Waals surface area contributed by atoms with E-state index in [-0.39, 0.29) is 23.7 Å². The summed E-state index contributed by atoms with van der Waals surface area (Å²) in [5.74, 6) is 1.00. The van der Waals surface area contributed by atoms with Crippen molar-refractivity contribution in [3.8, 4) is 17.1 Å². The molecule has 0 bridgehead atoms. The van der Waals surface area contributed by atoms with Crippen molar-refractivity contribution in [2.24, 2.45) is 5.92 Å². The van der Waals surface area contributed by atoms with Crippen molar-refractivity contribution in [2.45, 2.75) is 77.7 Å². The summed E-state index contributed by atoms with van der Waals surface area (Å²) in [6, 6.07) is 15.8. The predicted molar refractivity (Wildman–Crippen MR) is 179 cm³/mol. The third-order valence-electron chi connectivity index (χ3n) is 10.1. The Morgan fingerprint density at radius 1 is 1.02 bits per heavy atom. The molecule has 3 heterocycles. The lowest BCUT2D eigenvalue weighted by molar-refractivity contribution is -0.132. The lowest BCUT2D eigenvalue weighted by Crippen LogP contribution is -2.38. The molecule has 47 heavy (non-hydrogen) atoms. The van der Waals surface area contributed by atoms with Gasteiger partial charge in [0.25, 0.3) is 0 Å². The van der Waals surface area contributed by atoms with Gasteiger partial charge in [-0.3, -0.25) is 4.79 Å². The van der Waals surface area contributed by atoms with Crippen molar-refractivity contribution in [3.63, 3.8) is 0 Å². The number of halogens is 1. The molecule has 2 aromatic heterocycles. The van der Waals surface area contributed by atoms with Gasteiger partial charge in [-0.05, 0) is 112 Å². The smallest absolute Gasteiger partial charge is 0.341 e. The zero-order valence-corrected chi connectivity index (χ0v) is 27.4. The number of pyridine rings is 1. The Bertz CT molecular complexity index is 1820. The SMILES string of the molecule is CCOC(=O)c1cnn(-c2cccc(-c3cccc4c3C(Nc3cc(F)c(C5CCN(C(=O)CC6CC6)CC5)cc3C)CC4)n2)c1C. The summed E-state index contributed by atoms with van der Waals surface area (Å²) in [5, 5.41) is 8.12. The second kappa shape index (κ2) is 12.9. The number of benzene rings is 2. The van der Waals surface area contributed by atoms with Crippen molar-refractivity contribution in [1.29, 1.82) is 0 Å². The van der Waals surface area contributed by atoms with E-state index in [9.17, 15) is 9.59 Å². The van der Waals surface area contributed by atoms with Crippen LogP contribution in [0, 0.1) is 25.6 Å². The molecular weight excluding hydrogens is 593 g/mol. The van der Waals surface area contributed by atoms with E-state index in [1.54, 1.807) is 17.7 Å². The lowest BCUT2D eigenvalue weighted by atomic mass is 9.87. The predicted octanol–water partition coefficient (Wildman–Crippen LogP) is 7.47. The summed E-state index contributed by atoms with van der Waals surface area (Å²) in [5.41, 5.74) is 7.92. The minimum Gasteiger partial charge on any atom is -0.462 e. The largest absolute Gasteiger partial charge is 0.462 e. The number of piperidine rings is 1. The number of fused-ring (bicyclic) bond motifs is 1. The first-order chi connectivity index (χ1) is 22.8. The Kier molecular flexibility index (Phi) is 8.55. The van der Waals surface area contributed by atoms with Crippen LogP contribution in [0.3, 0.4) is 0 Å². The molecule has 9 heteroatoms. The Morgan fingerprint density at radius 3 is 2.57 bits per heavy atom. The number of amides is 1. The number of nitrogens with zero attached hydrogens (tertiary/aromatic N) is 4. The van der Waals surface area contributed by atoms with Crippen LogP contribution in [0.1, 0.15) is 95.7 Å². The molecule has 4 aromatic rings. The highest BCUT2D eigenvalue weighted by Crippen LogP contribution is 2.42. The van der Waals surface area contributed by atoms with Crippen LogP contribution in [0.25, 0.3) is 17.1 Å². The average molecular weight is 636 g/mol. The summed E-state index contributed by atoms with van der Waals surface area (Å²) in [6.07, 6.45) is 7.96. The van der Waals surface area contributed by atoms with Crippen molar-refractivity contribution >= 4 is 17.6 Å². The number of anilines is 1. The van der Waals surface area contributed by atoms with Crippen LogP contribution in [-0.2, 0) is 16.0 Å². The number of ether oxygens (including phenoxy) is 1. The van der Waals surface area contributed by atoms with Crippen LogP contribution >= 0.6 is 0 Å². The molecule has 1 saturated carbocycles. The van der Waals surface area contributed by atoms with E-state index in [4.69, 9.17) is 9.72 Å². The van der Waals surface area contributed by atoms with Gasteiger partial charge in [-0.1, -0.05) is 30.3 Å². The maximum absolute atomic E-state index is 15.7. The minimum atomic E-state index is -0.400. The first kappa shape index (κ1) is 31.1. The van der Waals surface area contributed by atoms with E-state index in [0.717, 1.165) is 53.8 Å². The van der Waals surface area contributed by atoms with Gasteiger partial charge in [0, 0.05) is 30.8 Å². The fourth-order valence-electron chi connectivity index (χ4n) is 7.29. The normalized spacial score (nSPS) is 17.9. The number of aromatic nitrogens is 3. The second-order valence-electron chi connectivity index (χ2n) is 13.3. The Morgan fingerprint density at radius 2 is 1.81 bits per heavy atom. The van der Waals surface area contributed by atoms with Gasteiger partial charge in [0.15, 0.2) is 5.82 Å². The van der Waals surface area contributed by atoms with Crippen LogP contribution in [-0.4, -0.2) is 51.2 Å². The average Bonchev–Trinajstić information content (AvgIpc) is 3.67. The summed E-state index contributed by atoms with van der Waals surface area (Å²) >= 11 is 0. The maximum Gasteiger partial charge on any atom is 0.341 e. The highest BCUT2D eigenvalue weighted by Gasteiger charge is 2.31. The van der Waals surface area contributed by atoms with Crippen LogP contribution in [0.4, 0.5) is 10.1 Å². The molecular formula is C38H42FN5O3. The molecule has 1 aliphatic heterocycles. The molecule has 2 fully saturated rings. The molecule has 2 aromatic carbocycles. The van der Waals surface area contributed by atoms with Crippen molar-refractivity contribution in [1.82, 2.24) is 19.7 Å². The lowest BCUT2D eigenvalue weighted by Gasteiger charge is -2.33. The van der Waals surface area contributed by atoms with Crippen LogP contribution in [0.5, 0.6) is 0 Å². The second-order valence-corrected chi connectivity index (χ2v) is 13.3. The highest BCUT2D eigenvalue weighted by molar-refractivity contribution is 5.90. The maximum atomic E-state index is 15.7. The number of likely N-dealkylation sites (tertiary alicyclic amines) is 1. The fraction of sp³-hybridized carbons (Fsp3) is 0.421. The number of nitrogens with one attached hydrogen (secondary N) is 1. The number of aryl methyl sites for hydroxylation is 2. The molecule has 3 aliphatic rings. The molecule has 1 amide bonds. The molecule has 2 aliphatic carbocycles. The molecule has 1 N–H and O–H groups in total. The van der Waals surface area contributed by atoms with Gasteiger partial charge in [-0.2, -0.15) is 5.10 Å². The molecule has 244 valence electrons. The van der Waals surface area contributed by atoms with E-state index in [2.05, 4.69) is 28.6 Å². The highest BCUT2D eigenvalue weighted by atomic mass is 19.1. The van der Waals surface area contributed by atoms with E-state index < -0.39 is 5.97 Å². The van der Waals surface area contributed by atoms with Gasteiger partial charge in [-0.15, -0.1) is 0 Å². The molecule has 1 unspecified atom stereocenters. The van der Waals surface area contributed by atoms with Gasteiger partial charge in [0.1, 0.15) is 11.4 Å². The van der Waals surface area contributed by atoms with E-state index in [0.29, 0.717) is 49.1 Å². The molecule has 1 atom stereocenters. The van der Waals surface area contributed by atoms with E-state index in [1.807, 2.05) is 43.0 Å². The Labute approximate surface area is 275 Å². The van der Waals surface area contributed by atoms with Gasteiger partial charge >= 0.3 is 5.97 Å². The van der Waals surface area contributed by atoms with E-state index >= 15 is 4.39 Å². The summed E-state index contributed by atoms with van der Waals surface area (Å²) in [7, 11) is 0. The minimum absolute atomic E-state index is 0.00168. The van der Waals surface area contributed by atoms with Gasteiger partial charge in [-0.25, -0.2) is 18.9 Å². The number of hydrogen-bond donors (Lipinski definition) is 1. The fourth-order valence-corrected chi connectivity index (χ4v) is 7.29. The zero-order valence-electron chi connectivity index (χ0n) is 27.4. The molecule has 8 nitrogen and oxygen atoms in total. The third-order valence-corrected chi connectivity index (χ3v) is 10.1. The standard InChI is InChI=1S/C38H42FN5O3/c1-4-47-38(46)30-22-40-44(24(30)3)35-10-6-9-32(42-35)28-8-5-7-27-13-14-33(37(27)28)41-34-21-31(39)29(19-23(34)2)26-15-17-43(18-16-26)36(45)20-25-11-12-25/h5-10,19,21-22,25-26,33,41H,4,11-18,20H2,1-3H3. The van der Waals surface area contributed by atoms with Crippen molar-refractivity contribution < 1.29 is 18.7 Å². The zero-order chi connectivity index (χ0) is 32.7. The first-order valence-electron chi connectivity index (χ1n) is 17.0. The first-order valence-corrected chi connectivity index (χ1v) is 17.0. The number of carbonyl (C=O) groups is 2. The summed E-state index contributed by atoms with van der Waals surface area (Å²) in [6.45, 7) is 7.37. The molecule has 0 spiro atoms. The van der Waals surface area contributed by atoms with Crippen molar-refractivity contribution in [2.75, 3.05) is 25.0 Å². The van der Waals surface area contributed by atoms with Crippen LogP contribution < -0.4 is 5.32 Å². The number of carbonyl (C=O) groups excluding carboxylic acids is 2. The van der Waals surface area contributed by atoms with Gasteiger partial charge in [0.2, 0.25) is 5.91 Å². The third kappa shape index (κ3) is 6.27. The number of esters is 1. The van der Waals surface area contributed by atoms with Crippen molar-refractivity contribution in [3.05, 3.63) is 94.1 Å². The molecule has 1 saturated heterocycles. The molecule has 0 radical (unpaired) electrons. The van der Waals surface area contributed by atoms with Gasteiger partial charge in [0.05, 0.1) is 30.2 Å².